The Morgan fingerprint density at radius 1 is 1.13 bits per heavy atom. The zero-order valence-corrected chi connectivity index (χ0v) is 12.5. The first-order valence-electron chi connectivity index (χ1n) is 7.07. The first-order valence-corrected chi connectivity index (χ1v) is 7.07. The van der Waals surface area contributed by atoms with Crippen molar-refractivity contribution in [1.29, 1.82) is 0 Å². The predicted octanol–water partition coefficient (Wildman–Crippen LogP) is 3.21. The number of aryl methyl sites for hydroxylation is 1. The second-order valence-electron chi connectivity index (χ2n) is 4.89. The monoisotopic (exact) mass is 309 g/mol. The second kappa shape index (κ2) is 6.74. The number of carbonyl (C=O) groups excluding carboxylic acids is 1. The van der Waals surface area contributed by atoms with Crippen LogP contribution < -0.4 is 10.1 Å². The molecule has 0 aliphatic carbocycles. The van der Waals surface area contributed by atoms with Crippen molar-refractivity contribution in [2.45, 2.75) is 13.5 Å². The number of benzene rings is 1. The molecule has 0 aliphatic rings. The SMILES string of the molecule is Cc1ccc(OCc2ccc(C(=O)Nc3ncccn3)o2)cc1. The Labute approximate surface area is 133 Å². The lowest BCUT2D eigenvalue weighted by atomic mass is 10.2. The standard InChI is InChI=1S/C17H15N3O3/c1-12-3-5-13(6-4-12)22-11-14-7-8-15(23-14)16(21)20-17-18-9-2-10-19-17/h2-10H,11H2,1H3,(H,18,19,20,21). The summed E-state index contributed by atoms with van der Waals surface area (Å²) in [6.07, 6.45) is 3.09. The van der Waals surface area contributed by atoms with Crippen LogP contribution in [0.15, 0.2) is 59.3 Å². The average molecular weight is 309 g/mol. The first-order chi connectivity index (χ1) is 11.2. The van der Waals surface area contributed by atoms with Gasteiger partial charge in [0, 0.05) is 12.4 Å². The highest BCUT2D eigenvalue weighted by Gasteiger charge is 2.12. The first kappa shape index (κ1) is 14.8. The van der Waals surface area contributed by atoms with E-state index in [0.29, 0.717) is 5.76 Å². The van der Waals surface area contributed by atoms with Crippen molar-refractivity contribution in [3.8, 4) is 5.75 Å². The average Bonchev–Trinajstić information content (AvgIpc) is 3.04. The van der Waals surface area contributed by atoms with Crippen LogP contribution in [0.2, 0.25) is 0 Å². The topological polar surface area (TPSA) is 77.2 Å². The molecular formula is C17H15N3O3. The van der Waals surface area contributed by atoms with Crippen molar-refractivity contribution in [3.05, 3.63) is 71.9 Å². The summed E-state index contributed by atoms with van der Waals surface area (Å²) in [5.41, 5.74) is 1.16. The number of hydrogen-bond donors (Lipinski definition) is 1. The molecule has 0 radical (unpaired) electrons. The molecule has 1 amide bonds. The van der Waals surface area contributed by atoms with Gasteiger partial charge in [0.2, 0.25) is 5.95 Å². The van der Waals surface area contributed by atoms with E-state index in [1.165, 1.54) is 0 Å². The maximum absolute atomic E-state index is 12.0. The molecule has 0 bridgehead atoms. The van der Waals surface area contributed by atoms with Gasteiger partial charge in [-0.05, 0) is 37.3 Å². The van der Waals surface area contributed by atoms with E-state index in [1.807, 2.05) is 31.2 Å². The molecule has 116 valence electrons. The van der Waals surface area contributed by atoms with E-state index in [4.69, 9.17) is 9.15 Å². The summed E-state index contributed by atoms with van der Waals surface area (Å²) in [6, 6.07) is 12.7. The van der Waals surface area contributed by atoms with Crippen molar-refractivity contribution in [1.82, 2.24) is 9.97 Å². The normalized spacial score (nSPS) is 10.3. The number of carbonyl (C=O) groups is 1. The van der Waals surface area contributed by atoms with Gasteiger partial charge in [-0.15, -0.1) is 0 Å². The van der Waals surface area contributed by atoms with Gasteiger partial charge in [-0.25, -0.2) is 9.97 Å². The quantitative estimate of drug-likeness (QED) is 0.783. The highest BCUT2D eigenvalue weighted by atomic mass is 16.5. The maximum atomic E-state index is 12.0. The van der Waals surface area contributed by atoms with Crippen LogP contribution in [0.5, 0.6) is 5.75 Å². The van der Waals surface area contributed by atoms with E-state index in [1.54, 1.807) is 30.6 Å². The molecule has 1 aromatic carbocycles. The zero-order chi connectivity index (χ0) is 16.1. The molecule has 2 aromatic heterocycles. The van der Waals surface area contributed by atoms with Gasteiger partial charge in [-0.3, -0.25) is 10.1 Å². The van der Waals surface area contributed by atoms with E-state index in [9.17, 15) is 4.79 Å². The summed E-state index contributed by atoms with van der Waals surface area (Å²) in [5.74, 6) is 1.31. The molecular weight excluding hydrogens is 294 g/mol. The molecule has 3 rings (SSSR count). The molecule has 6 nitrogen and oxygen atoms in total. The molecule has 0 aliphatic heterocycles. The third-order valence-electron chi connectivity index (χ3n) is 3.08. The second-order valence-corrected chi connectivity index (χ2v) is 4.89. The molecule has 23 heavy (non-hydrogen) atoms. The number of nitrogens with one attached hydrogen (secondary N) is 1. The Hall–Kier alpha value is -3.15. The third-order valence-corrected chi connectivity index (χ3v) is 3.08. The lowest BCUT2D eigenvalue weighted by molar-refractivity contribution is 0.0991. The summed E-state index contributed by atoms with van der Waals surface area (Å²) in [5, 5.41) is 2.56. The summed E-state index contributed by atoms with van der Waals surface area (Å²) < 4.78 is 11.1. The van der Waals surface area contributed by atoms with Crippen LogP contribution in [0.3, 0.4) is 0 Å². The van der Waals surface area contributed by atoms with Crippen LogP contribution in [0.1, 0.15) is 21.9 Å². The van der Waals surface area contributed by atoms with Gasteiger partial charge in [0.25, 0.3) is 5.91 Å². The fourth-order valence-electron chi connectivity index (χ4n) is 1.89. The lowest BCUT2D eigenvalue weighted by Gasteiger charge is -2.04. The molecule has 0 unspecified atom stereocenters. The Kier molecular flexibility index (Phi) is 4.33. The molecule has 0 fully saturated rings. The number of ether oxygens (including phenoxy) is 1. The van der Waals surface area contributed by atoms with Crippen molar-refractivity contribution in [2.24, 2.45) is 0 Å². The third kappa shape index (κ3) is 3.94. The predicted molar refractivity (Wildman–Crippen MR) is 84.2 cm³/mol. The van der Waals surface area contributed by atoms with Crippen LogP contribution in [0.25, 0.3) is 0 Å². The minimum Gasteiger partial charge on any atom is -0.486 e. The van der Waals surface area contributed by atoms with Gasteiger partial charge in [0.15, 0.2) is 5.76 Å². The summed E-state index contributed by atoms with van der Waals surface area (Å²) >= 11 is 0. The molecule has 0 atom stereocenters. The number of rotatable bonds is 5. The number of amides is 1. The van der Waals surface area contributed by atoms with Crippen molar-refractivity contribution >= 4 is 11.9 Å². The van der Waals surface area contributed by atoms with Gasteiger partial charge in [0.1, 0.15) is 18.1 Å². The number of aromatic nitrogens is 2. The Morgan fingerprint density at radius 3 is 2.61 bits per heavy atom. The van der Waals surface area contributed by atoms with Crippen LogP contribution in [-0.4, -0.2) is 15.9 Å². The lowest BCUT2D eigenvalue weighted by Crippen LogP contribution is -2.13. The van der Waals surface area contributed by atoms with Gasteiger partial charge >= 0.3 is 0 Å². The fraction of sp³-hybridized carbons (Fsp3) is 0.118. The Morgan fingerprint density at radius 2 is 1.87 bits per heavy atom. The van der Waals surface area contributed by atoms with E-state index in [0.717, 1.165) is 11.3 Å². The van der Waals surface area contributed by atoms with Gasteiger partial charge in [-0.1, -0.05) is 17.7 Å². The minimum atomic E-state index is -0.405. The van der Waals surface area contributed by atoms with Crippen molar-refractivity contribution in [3.63, 3.8) is 0 Å². The van der Waals surface area contributed by atoms with Gasteiger partial charge < -0.3 is 9.15 Å². The smallest absolute Gasteiger partial charge is 0.293 e. The van der Waals surface area contributed by atoms with E-state index in [2.05, 4.69) is 15.3 Å². The largest absolute Gasteiger partial charge is 0.486 e. The molecule has 2 heterocycles. The number of anilines is 1. The minimum absolute atomic E-state index is 0.181. The van der Waals surface area contributed by atoms with Crippen LogP contribution >= 0.6 is 0 Å². The number of nitrogens with zero attached hydrogens (tertiary/aromatic N) is 2. The molecule has 0 spiro atoms. The Balaban J connectivity index is 1.59. The molecule has 0 saturated heterocycles. The molecule has 0 saturated carbocycles. The summed E-state index contributed by atoms with van der Waals surface area (Å²) in [6.45, 7) is 2.26. The number of hydrogen-bond acceptors (Lipinski definition) is 5. The highest BCUT2D eigenvalue weighted by Crippen LogP contribution is 2.15. The summed E-state index contributed by atoms with van der Waals surface area (Å²) in [4.78, 5) is 19.9. The maximum Gasteiger partial charge on any atom is 0.293 e. The van der Waals surface area contributed by atoms with Gasteiger partial charge in [-0.2, -0.15) is 0 Å². The molecule has 1 N–H and O–H groups in total. The van der Waals surface area contributed by atoms with E-state index >= 15 is 0 Å². The molecule has 6 heteroatoms. The Bertz CT molecular complexity index is 782. The van der Waals surface area contributed by atoms with Crippen LogP contribution in [-0.2, 0) is 6.61 Å². The summed E-state index contributed by atoms with van der Waals surface area (Å²) in [7, 11) is 0. The highest BCUT2D eigenvalue weighted by molar-refractivity contribution is 6.01. The fourth-order valence-corrected chi connectivity index (χ4v) is 1.89. The van der Waals surface area contributed by atoms with Crippen LogP contribution in [0, 0.1) is 6.92 Å². The van der Waals surface area contributed by atoms with Gasteiger partial charge in [0.05, 0.1) is 0 Å². The van der Waals surface area contributed by atoms with Crippen molar-refractivity contribution in [2.75, 3.05) is 5.32 Å². The zero-order valence-electron chi connectivity index (χ0n) is 12.5. The van der Waals surface area contributed by atoms with Crippen molar-refractivity contribution < 1.29 is 13.9 Å². The van der Waals surface area contributed by atoms with E-state index in [-0.39, 0.29) is 18.3 Å². The number of furan rings is 1. The van der Waals surface area contributed by atoms with Crippen LogP contribution in [0.4, 0.5) is 5.95 Å². The van der Waals surface area contributed by atoms with E-state index < -0.39 is 5.91 Å². The molecule has 3 aromatic rings.